The first-order chi connectivity index (χ1) is 19.3. The predicted octanol–water partition coefficient (Wildman–Crippen LogP) is 6.18. The first-order valence-corrected chi connectivity index (χ1v) is 13.5. The molecule has 4 aromatic carbocycles. The lowest BCUT2D eigenvalue weighted by Crippen LogP contribution is -2.60. The molecule has 0 spiro atoms. The van der Waals surface area contributed by atoms with Crippen molar-refractivity contribution >= 4 is 5.91 Å². The SMILES string of the molecule is O=C1C[C@@H](OCc2ccccc2)[C@H](OCc2ccccc2)[C@@H](COCc2ccccc2)N1Cc1ccccc1. The average Bonchev–Trinajstić information content (AvgIpc) is 2.99. The molecule has 5 rings (SSSR count). The number of nitrogens with zero attached hydrogens (tertiary/aromatic N) is 1. The molecule has 3 atom stereocenters. The molecule has 5 nitrogen and oxygen atoms in total. The van der Waals surface area contributed by atoms with Crippen LogP contribution < -0.4 is 0 Å². The highest BCUT2D eigenvalue weighted by molar-refractivity contribution is 5.78. The summed E-state index contributed by atoms with van der Waals surface area (Å²) in [6.07, 6.45) is -0.487. The molecular formula is C34H35NO4. The second-order valence-electron chi connectivity index (χ2n) is 9.88. The lowest BCUT2D eigenvalue weighted by Gasteiger charge is -2.44. The van der Waals surface area contributed by atoms with Crippen molar-refractivity contribution < 1.29 is 19.0 Å². The van der Waals surface area contributed by atoms with Crippen LogP contribution in [0.1, 0.15) is 28.7 Å². The Morgan fingerprint density at radius 2 is 1.05 bits per heavy atom. The van der Waals surface area contributed by atoms with Crippen LogP contribution in [-0.4, -0.2) is 35.7 Å². The third-order valence-corrected chi connectivity index (χ3v) is 7.03. The Bertz CT molecular complexity index is 1270. The molecule has 1 heterocycles. The Hall–Kier alpha value is -3.77. The van der Waals surface area contributed by atoms with Crippen LogP contribution in [0, 0.1) is 0 Å². The van der Waals surface area contributed by atoms with E-state index in [-0.39, 0.29) is 24.5 Å². The van der Waals surface area contributed by atoms with Gasteiger partial charge < -0.3 is 19.1 Å². The summed E-state index contributed by atoms with van der Waals surface area (Å²) in [5.74, 6) is 0.0461. The lowest BCUT2D eigenvalue weighted by molar-refractivity contribution is -0.178. The molecule has 1 fully saturated rings. The summed E-state index contributed by atoms with van der Waals surface area (Å²) >= 11 is 0. The van der Waals surface area contributed by atoms with Gasteiger partial charge in [-0.25, -0.2) is 0 Å². The highest BCUT2D eigenvalue weighted by Crippen LogP contribution is 2.29. The van der Waals surface area contributed by atoms with E-state index in [9.17, 15) is 4.79 Å². The van der Waals surface area contributed by atoms with Crippen molar-refractivity contribution in [2.24, 2.45) is 0 Å². The summed E-state index contributed by atoms with van der Waals surface area (Å²) in [5.41, 5.74) is 4.31. The molecule has 0 aromatic heterocycles. The van der Waals surface area contributed by atoms with Gasteiger partial charge in [0.15, 0.2) is 0 Å². The number of carbonyl (C=O) groups excluding carboxylic acids is 1. The third-order valence-electron chi connectivity index (χ3n) is 7.03. The quantitative estimate of drug-likeness (QED) is 0.224. The van der Waals surface area contributed by atoms with Crippen LogP contribution in [0.3, 0.4) is 0 Å². The minimum atomic E-state index is -0.390. The molecular weight excluding hydrogens is 486 g/mol. The number of hydrogen-bond acceptors (Lipinski definition) is 4. The number of carbonyl (C=O) groups is 1. The fourth-order valence-corrected chi connectivity index (χ4v) is 4.97. The standard InChI is InChI=1S/C34H35NO4/c36-33-21-32(38-24-29-17-9-3-10-18-29)34(39-25-30-19-11-4-12-20-30)31(26-37-23-28-15-7-2-8-16-28)35(33)22-27-13-5-1-6-14-27/h1-20,31-32,34H,21-26H2/t31-,32-,34-/m1/s1. The van der Waals surface area contributed by atoms with Gasteiger partial charge in [-0.05, 0) is 22.3 Å². The number of hydrogen-bond donors (Lipinski definition) is 0. The molecule has 200 valence electrons. The van der Waals surface area contributed by atoms with Crippen LogP contribution in [0.5, 0.6) is 0 Å². The first kappa shape index (κ1) is 26.8. The molecule has 1 aliphatic heterocycles. The maximum Gasteiger partial charge on any atom is 0.226 e. The molecule has 39 heavy (non-hydrogen) atoms. The minimum Gasteiger partial charge on any atom is -0.375 e. The molecule has 0 radical (unpaired) electrons. The first-order valence-electron chi connectivity index (χ1n) is 13.5. The van der Waals surface area contributed by atoms with E-state index in [0.717, 1.165) is 22.3 Å². The van der Waals surface area contributed by atoms with Gasteiger partial charge in [0.2, 0.25) is 5.91 Å². The molecule has 0 saturated carbocycles. The Balaban J connectivity index is 1.39. The predicted molar refractivity (Wildman–Crippen MR) is 152 cm³/mol. The van der Waals surface area contributed by atoms with E-state index in [2.05, 4.69) is 12.1 Å². The van der Waals surface area contributed by atoms with Crippen molar-refractivity contribution in [3.05, 3.63) is 144 Å². The van der Waals surface area contributed by atoms with E-state index in [1.165, 1.54) is 0 Å². The molecule has 0 bridgehead atoms. The van der Waals surface area contributed by atoms with E-state index in [4.69, 9.17) is 14.2 Å². The Kier molecular flexibility index (Phi) is 9.53. The zero-order chi connectivity index (χ0) is 26.7. The van der Waals surface area contributed by atoms with Crippen molar-refractivity contribution in [1.29, 1.82) is 0 Å². The second-order valence-corrected chi connectivity index (χ2v) is 9.88. The number of piperidine rings is 1. The summed E-state index contributed by atoms with van der Waals surface area (Å²) in [6.45, 7) is 2.15. The van der Waals surface area contributed by atoms with Gasteiger partial charge in [-0.1, -0.05) is 121 Å². The second kappa shape index (κ2) is 13.9. The van der Waals surface area contributed by atoms with Crippen LogP contribution >= 0.6 is 0 Å². The molecule has 0 unspecified atom stereocenters. The summed E-state index contributed by atoms with van der Waals surface area (Å²) in [4.78, 5) is 15.5. The summed E-state index contributed by atoms with van der Waals surface area (Å²) < 4.78 is 19.2. The van der Waals surface area contributed by atoms with Gasteiger partial charge in [0.05, 0.1) is 45.0 Å². The van der Waals surface area contributed by atoms with Crippen molar-refractivity contribution in [3.63, 3.8) is 0 Å². The molecule has 4 aromatic rings. The molecule has 1 saturated heterocycles. The Morgan fingerprint density at radius 1 is 0.590 bits per heavy atom. The summed E-state index contributed by atoms with van der Waals surface area (Å²) in [7, 11) is 0. The molecule has 0 aliphatic carbocycles. The largest absolute Gasteiger partial charge is 0.375 e. The fourth-order valence-electron chi connectivity index (χ4n) is 4.97. The lowest BCUT2D eigenvalue weighted by atomic mass is 9.94. The zero-order valence-electron chi connectivity index (χ0n) is 22.1. The van der Waals surface area contributed by atoms with Crippen molar-refractivity contribution in [3.8, 4) is 0 Å². The number of rotatable bonds is 12. The summed E-state index contributed by atoms with van der Waals surface area (Å²) in [5, 5.41) is 0. The van der Waals surface area contributed by atoms with Crippen molar-refractivity contribution in [2.45, 2.75) is 51.0 Å². The van der Waals surface area contributed by atoms with Crippen LogP contribution in [0.25, 0.3) is 0 Å². The van der Waals surface area contributed by atoms with Crippen molar-refractivity contribution in [1.82, 2.24) is 4.90 Å². The van der Waals surface area contributed by atoms with Gasteiger partial charge in [0, 0.05) is 6.54 Å². The fraction of sp³-hybridized carbons (Fsp3) is 0.265. The van der Waals surface area contributed by atoms with E-state index in [1.807, 2.05) is 114 Å². The smallest absolute Gasteiger partial charge is 0.226 e. The maximum absolute atomic E-state index is 13.6. The van der Waals surface area contributed by atoms with Crippen molar-refractivity contribution in [2.75, 3.05) is 6.61 Å². The van der Waals surface area contributed by atoms with Gasteiger partial charge in [-0.3, -0.25) is 4.79 Å². The zero-order valence-corrected chi connectivity index (χ0v) is 22.1. The van der Waals surface area contributed by atoms with Crippen LogP contribution in [0.4, 0.5) is 0 Å². The van der Waals surface area contributed by atoms with Gasteiger partial charge in [-0.15, -0.1) is 0 Å². The molecule has 5 heteroatoms. The Morgan fingerprint density at radius 3 is 1.59 bits per heavy atom. The number of ether oxygens (including phenoxy) is 3. The monoisotopic (exact) mass is 521 g/mol. The Labute approximate surface area is 231 Å². The van der Waals surface area contributed by atoms with Gasteiger partial charge in [0.25, 0.3) is 0 Å². The van der Waals surface area contributed by atoms with E-state index < -0.39 is 6.10 Å². The number of amides is 1. The van der Waals surface area contributed by atoms with E-state index in [1.54, 1.807) is 0 Å². The minimum absolute atomic E-state index is 0.0461. The molecule has 0 N–H and O–H groups in total. The van der Waals surface area contributed by atoms with E-state index >= 15 is 0 Å². The molecule has 1 amide bonds. The van der Waals surface area contributed by atoms with Crippen LogP contribution in [-0.2, 0) is 45.4 Å². The third kappa shape index (κ3) is 7.64. The number of benzene rings is 4. The summed E-state index contributed by atoms with van der Waals surface area (Å²) in [6, 6.07) is 40.0. The topological polar surface area (TPSA) is 48.0 Å². The van der Waals surface area contributed by atoms with Crippen LogP contribution in [0.2, 0.25) is 0 Å². The molecule has 1 aliphatic rings. The van der Waals surface area contributed by atoms with Crippen LogP contribution in [0.15, 0.2) is 121 Å². The maximum atomic E-state index is 13.6. The van der Waals surface area contributed by atoms with E-state index in [0.29, 0.717) is 33.0 Å². The van der Waals surface area contributed by atoms with Gasteiger partial charge in [-0.2, -0.15) is 0 Å². The average molecular weight is 522 g/mol. The highest BCUT2D eigenvalue weighted by Gasteiger charge is 2.44. The normalized spacial score (nSPS) is 19.2. The van der Waals surface area contributed by atoms with Gasteiger partial charge in [0.1, 0.15) is 6.10 Å². The number of likely N-dealkylation sites (tertiary alicyclic amines) is 1. The van der Waals surface area contributed by atoms with Gasteiger partial charge >= 0.3 is 0 Å². The highest BCUT2D eigenvalue weighted by atomic mass is 16.5.